The van der Waals surface area contributed by atoms with Gasteiger partial charge >= 0.3 is 0 Å². The molecule has 1 saturated heterocycles. The van der Waals surface area contributed by atoms with Gasteiger partial charge in [0.05, 0.1) is 12.3 Å². The van der Waals surface area contributed by atoms with E-state index in [0.717, 1.165) is 30.8 Å². The molecule has 1 aliphatic carbocycles. The lowest BCUT2D eigenvalue weighted by molar-refractivity contribution is 0.250. The SMILES string of the molecule is CCNC(=NCCN1CCCS1(=O)=O)NC1CCC(C(C)C)CC1. The fraction of sp³-hybridized carbons (Fsp3) is 0.941. The van der Waals surface area contributed by atoms with Crippen molar-refractivity contribution in [2.75, 3.05) is 31.9 Å². The maximum Gasteiger partial charge on any atom is 0.214 e. The molecule has 2 rings (SSSR count). The molecule has 0 bridgehead atoms. The van der Waals surface area contributed by atoms with E-state index in [-0.39, 0.29) is 5.75 Å². The highest BCUT2D eigenvalue weighted by Crippen LogP contribution is 2.29. The third-order valence-electron chi connectivity index (χ3n) is 5.22. The van der Waals surface area contributed by atoms with Crippen molar-refractivity contribution in [3.05, 3.63) is 0 Å². The predicted octanol–water partition coefficient (Wildman–Crippen LogP) is 1.79. The van der Waals surface area contributed by atoms with Crippen LogP contribution in [-0.4, -0.2) is 56.7 Å². The third-order valence-corrected chi connectivity index (χ3v) is 7.18. The Morgan fingerprint density at radius 1 is 1.25 bits per heavy atom. The van der Waals surface area contributed by atoms with Gasteiger partial charge in [-0.15, -0.1) is 0 Å². The van der Waals surface area contributed by atoms with E-state index in [1.165, 1.54) is 25.7 Å². The summed E-state index contributed by atoms with van der Waals surface area (Å²) in [4.78, 5) is 4.58. The quantitative estimate of drug-likeness (QED) is 0.561. The Morgan fingerprint density at radius 3 is 2.50 bits per heavy atom. The molecular weight excluding hydrogens is 324 g/mol. The molecule has 7 heteroatoms. The lowest BCUT2D eigenvalue weighted by atomic mass is 9.80. The van der Waals surface area contributed by atoms with Crippen molar-refractivity contribution in [3.8, 4) is 0 Å². The minimum Gasteiger partial charge on any atom is -0.357 e. The number of rotatable bonds is 6. The molecule has 0 radical (unpaired) electrons. The molecule has 2 fully saturated rings. The second-order valence-corrected chi connectivity index (χ2v) is 9.42. The fourth-order valence-corrected chi connectivity index (χ4v) is 5.18. The van der Waals surface area contributed by atoms with Crippen LogP contribution in [0.2, 0.25) is 0 Å². The van der Waals surface area contributed by atoms with Crippen molar-refractivity contribution >= 4 is 16.0 Å². The Bertz CT molecular complexity index is 511. The van der Waals surface area contributed by atoms with Gasteiger partial charge in [0, 0.05) is 25.7 Å². The summed E-state index contributed by atoms with van der Waals surface area (Å²) in [6, 6.07) is 0.480. The molecule has 1 aliphatic heterocycles. The zero-order chi connectivity index (χ0) is 17.6. The standard InChI is InChI=1S/C17H34N4O2S/c1-4-18-17(19-10-12-21-11-5-13-24(21,22)23)20-16-8-6-15(7-9-16)14(2)3/h14-16H,4-13H2,1-3H3,(H2,18,19,20). The topological polar surface area (TPSA) is 73.8 Å². The van der Waals surface area contributed by atoms with Gasteiger partial charge in [0.15, 0.2) is 5.96 Å². The Labute approximate surface area is 147 Å². The molecule has 6 nitrogen and oxygen atoms in total. The van der Waals surface area contributed by atoms with E-state index < -0.39 is 10.0 Å². The molecule has 140 valence electrons. The van der Waals surface area contributed by atoms with Gasteiger partial charge in [0.25, 0.3) is 0 Å². The van der Waals surface area contributed by atoms with E-state index in [1.54, 1.807) is 4.31 Å². The summed E-state index contributed by atoms with van der Waals surface area (Å²) in [5, 5.41) is 6.81. The van der Waals surface area contributed by atoms with Gasteiger partial charge in [-0.05, 0) is 50.9 Å². The summed E-state index contributed by atoms with van der Waals surface area (Å²) in [6.45, 7) is 9.13. The normalized spacial score (nSPS) is 28.2. The van der Waals surface area contributed by atoms with Crippen LogP contribution in [0, 0.1) is 11.8 Å². The molecule has 1 saturated carbocycles. The number of aliphatic imine (C=N–C) groups is 1. The average molecular weight is 359 g/mol. The molecule has 0 unspecified atom stereocenters. The van der Waals surface area contributed by atoms with Crippen molar-refractivity contribution in [1.29, 1.82) is 0 Å². The Balaban J connectivity index is 1.81. The Kier molecular flexibility index (Phi) is 7.34. The highest BCUT2D eigenvalue weighted by molar-refractivity contribution is 7.89. The van der Waals surface area contributed by atoms with Crippen molar-refractivity contribution in [2.24, 2.45) is 16.8 Å². The minimum atomic E-state index is -3.02. The van der Waals surface area contributed by atoms with E-state index >= 15 is 0 Å². The number of nitrogens with one attached hydrogen (secondary N) is 2. The smallest absolute Gasteiger partial charge is 0.214 e. The van der Waals surface area contributed by atoms with Gasteiger partial charge in [0.1, 0.15) is 0 Å². The summed E-state index contributed by atoms with van der Waals surface area (Å²) in [6.07, 6.45) is 5.67. The Hall–Kier alpha value is -0.820. The van der Waals surface area contributed by atoms with Gasteiger partial charge in [-0.2, -0.15) is 0 Å². The van der Waals surface area contributed by atoms with Gasteiger partial charge in [-0.3, -0.25) is 4.99 Å². The maximum absolute atomic E-state index is 11.8. The van der Waals surface area contributed by atoms with Crippen LogP contribution in [0.5, 0.6) is 0 Å². The van der Waals surface area contributed by atoms with E-state index in [2.05, 4.69) is 36.4 Å². The van der Waals surface area contributed by atoms with Crippen LogP contribution in [0.3, 0.4) is 0 Å². The first-order chi connectivity index (χ1) is 11.4. The van der Waals surface area contributed by atoms with Crippen LogP contribution in [-0.2, 0) is 10.0 Å². The van der Waals surface area contributed by atoms with Crippen molar-refractivity contribution < 1.29 is 8.42 Å². The van der Waals surface area contributed by atoms with Crippen LogP contribution < -0.4 is 10.6 Å². The first kappa shape index (κ1) is 19.5. The highest BCUT2D eigenvalue weighted by atomic mass is 32.2. The molecule has 0 aromatic heterocycles. The molecule has 2 N–H and O–H groups in total. The summed E-state index contributed by atoms with van der Waals surface area (Å²) < 4.78 is 25.2. The van der Waals surface area contributed by atoms with E-state index in [4.69, 9.17) is 0 Å². The number of hydrogen-bond acceptors (Lipinski definition) is 3. The van der Waals surface area contributed by atoms with Crippen molar-refractivity contribution in [2.45, 2.75) is 58.9 Å². The average Bonchev–Trinajstić information content (AvgIpc) is 2.87. The van der Waals surface area contributed by atoms with Crippen LogP contribution in [0.15, 0.2) is 4.99 Å². The van der Waals surface area contributed by atoms with E-state index in [0.29, 0.717) is 25.7 Å². The predicted molar refractivity (Wildman–Crippen MR) is 99.7 cm³/mol. The molecule has 2 aliphatic rings. The molecule has 0 aromatic rings. The number of nitrogens with zero attached hydrogens (tertiary/aromatic N) is 2. The first-order valence-corrected chi connectivity index (χ1v) is 11.1. The number of sulfonamides is 1. The van der Waals surface area contributed by atoms with E-state index in [1.807, 2.05) is 0 Å². The monoisotopic (exact) mass is 358 g/mol. The van der Waals surface area contributed by atoms with Gasteiger partial charge in [0.2, 0.25) is 10.0 Å². The molecule has 0 aromatic carbocycles. The summed E-state index contributed by atoms with van der Waals surface area (Å²) in [7, 11) is -3.02. The lowest BCUT2D eigenvalue weighted by Gasteiger charge is -2.32. The van der Waals surface area contributed by atoms with Crippen molar-refractivity contribution in [3.63, 3.8) is 0 Å². The molecular formula is C17H34N4O2S. The van der Waals surface area contributed by atoms with Crippen LogP contribution >= 0.6 is 0 Å². The van der Waals surface area contributed by atoms with Gasteiger partial charge in [-0.25, -0.2) is 12.7 Å². The zero-order valence-electron chi connectivity index (χ0n) is 15.4. The second kappa shape index (κ2) is 9.04. The Morgan fingerprint density at radius 2 is 1.96 bits per heavy atom. The summed E-state index contributed by atoms with van der Waals surface area (Å²) in [5.74, 6) is 2.73. The zero-order valence-corrected chi connectivity index (χ0v) is 16.2. The maximum atomic E-state index is 11.8. The molecule has 0 amide bonds. The number of guanidine groups is 1. The lowest BCUT2D eigenvalue weighted by Crippen LogP contribution is -2.45. The van der Waals surface area contributed by atoms with Gasteiger partial charge < -0.3 is 10.6 Å². The molecule has 1 heterocycles. The largest absolute Gasteiger partial charge is 0.357 e. The van der Waals surface area contributed by atoms with Crippen LogP contribution in [0.4, 0.5) is 0 Å². The second-order valence-electron chi connectivity index (χ2n) is 7.33. The fourth-order valence-electron chi connectivity index (χ4n) is 3.66. The van der Waals surface area contributed by atoms with Crippen LogP contribution in [0.1, 0.15) is 52.9 Å². The van der Waals surface area contributed by atoms with E-state index in [9.17, 15) is 8.42 Å². The molecule has 0 spiro atoms. The van der Waals surface area contributed by atoms with Crippen molar-refractivity contribution in [1.82, 2.24) is 14.9 Å². The van der Waals surface area contributed by atoms with Gasteiger partial charge in [-0.1, -0.05) is 13.8 Å². The number of hydrogen-bond donors (Lipinski definition) is 2. The molecule has 0 atom stereocenters. The summed E-state index contributed by atoms with van der Waals surface area (Å²) >= 11 is 0. The molecule has 24 heavy (non-hydrogen) atoms. The summed E-state index contributed by atoms with van der Waals surface area (Å²) in [5.41, 5.74) is 0. The highest BCUT2D eigenvalue weighted by Gasteiger charge is 2.27. The third kappa shape index (κ3) is 5.62. The first-order valence-electron chi connectivity index (χ1n) is 9.45. The van der Waals surface area contributed by atoms with Crippen LogP contribution in [0.25, 0.3) is 0 Å². The minimum absolute atomic E-state index is 0.286.